The van der Waals surface area contributed by atoms with Gasteiger partial charge < -0.3 is 10.1 Å². The van der Waals surface area contributed by atoms with E-state index in [0.29, 0.717) is 12.1 Å². The average Bonchev–Trinajstić information content (AvgIpc) is 2.53. The number of nitrogens with zero attached hydrogens (tertiary/aromatic N) is 2. The van der Waals surface area contributed by atoms with Crippen molar-refractivity contribution >= 4 is 0 Å². The van der Waals surface area contributed by atoms with Crippen LogP contribution in [0.5, 0.6) is 0 Å². The molecule has 1 heterocycles. The predicted octanol–water partition coefficient (Wildman–Crippen LogP) is 1.76. The number of rotatable bonds is 5. The van der Waals surface area contributed by atoms with E-state index < -0.39 is 0 Å². The number of benzene rings is 1. The second-order valence-electron chi connectivity index (χ2n) is 5.37. The molecule has 0 bridgehead atoms. The molecule has 0 spiro atoms. The molecule has 0 aliphatic carbocycles. The standard InChI is InChI=1S/C16H23N3O/c1-13(14(2)19-6-8-20-9-7-19)18-12-16-5-3-4-15(10-16)11-17/h3-5,10,13-14,18H,6-9,12H2,1-2H3. The Morgan fingerprint density at radius 1 is 1.35 bits per heavy atom. The molecule has 0 amide bonds. The molecule has 1 fully saturated rings. The van der Waals surface area contributed by atoms with E-state index in [1.165, 1.54) is 0 Å². The summed E-state index contributed by atoms with van der Waals surface area (Å²) in [5.41, 5.74) is 1.88. The molecule has 2 rings (SSSR count). The molecule has 2 atom stereocenters. The lowest BCUT2D eigenvalue weighted by atomic mass is 10.1. The van der Waals surface area contributed by atoms with E-state index in [2.05, 4.69) is 36.2 Å². The lowest BCUT2D eigenvalue weighted by Crippen LogP contribution is -2.50. The van der Waals surface area contributed by atoms with Crippen LogP contribution in [0.4, 0.5) is 0 Å². The number of morpholine rings is 1. The zero-order valence-corrected chi connectivity index (χ0v) is 12.3. The first-order valence-electron chi connectivity index (χ1n) is 7.25. The van der Waals surface area contributed by atoms with Crippen molar-refractivity contribution in [3.05, 3.63) is 35.4 Å². The van der Waals surface area contributed by atoms with Crippen molar-refractivity contribution in [2.24, 2.45) is 0 Å². The average molecular weight is 273 g/mol. The molecule has 1 aromatic carbocycles. The normalized spacial score (nSPS) is 19.2. The van der Waals surface area contributed by atoms with Gasteiger partial charge in [0.05, 0.1) is 24.8 Å². The first kappa shape index (κ1) is 15.0. The van der Waals surface area contributed by atoms with Crippen LogP contribution in [0, 0.1) is 11.3 Å². The van der Waals surface area contributed by atoms with Crippen LogP contribution in [0.1, 0.15) is 25.0 Å². The van der Waals surface area contributed by atoms with Gasteiger partial charge in [-0.2, -0.15) is 5.26 Å². The van der Waals surface area contributed by atoms with Crippen LogP contribution in [0.3, 0.4) is 0 Å². The van der Waals surface area contributed by atoms with E-state index in [1.807, 2.05) is 18.2 Å². The molecular formula is C16H23N3O. The van der Waals surface area contributed by atoms with Gasteiger partial charge in [-0.15, -0.1) is 0 Å². The van der Waals surface area contributed by atoms with Gasteiger partial charge in [0.2, 0.25) is 0 Å². The van der Waals surface area contributed by atoms with Crippen molar-refractivity contribution in [1.29, 1.82) is 5.26 Å². The summed E-state index contributed by atoms with van der Waals surface area (Å²) in [7, 11) is 0. The van der Waals surface area contributed by atoms with Crippen LogP contribution in [0.2, 0.25) is 0 Å². The number of ether oxygens (including phenoxy) is 1. The summed E-state index contributed by atoms with van der Waals surface area (Å²) in [5.74, 6) is 0. The van der Waals surface area contributed by atoms with Gasteiger partial charge in [-0.25, -0.2) is 0 Å². The highest BCUT2D eigenvalue weighted by molar-refractivity contribution is 5.32. The Morgan fingerprint density at radius 2 is 2.10 bits per heavy atom. The Bertz CT molecular complexity index is 463. The number of nitriles is 1. The van der Waals surface area contributed by atoms with E-state index >= 15 is 0 Å². The number of hydrogen-bond donors (Lipinski definition) is 1. The molecule has 108 valence electrons. The van der Waals surface area contributed by atoms with Crippen LogP contribution in [-0.4, -0.2) is 43.3 Å². The highest BCUT2D eigenvalue weighted by Crippen LogP contribution is 2.09. The lowest BCUT2D eigenvalue weighted by molar-refractivity contribution is 0.0135. The van der Waals surface area contributed by atoms with Crippen molar-refractivity contribution in [3.63, 3.8) is 0 Å². The Kier molecular flexibility index (Phi) is 5.54. The van der Waals surface area contributed by atoms with Crippen LogP contribution in [-0.2, 0) is 11.3 Å². The molecule has 1 aliphatic rings. The molecule has 4 heteroatoms. The Balaban J connectivity index is 1.84. The molecule has 2 unspecified atom stereocenters. The smallest absolute Gasteiger partial charge is 0.0991 e. The summed E-state index contributed by atoms with van der Waals surface area (Å²) in [4.78, 5) is 2.47. The maximum Gasteiger partial charge on any atom is 0.0991 e. The van der Waals surface area contributed by atoms with Crippen molar-refractivity contribution in [3.8, 4) is 6.07 Å². The molecule has 1 aromatic rings. The molecule has 0 radical (unpaired) electrons. The Labute approximate surface area is 121 Å². The van der Waals surface area contributed by atoms with Crippen molar-refractivity contribution < 1.29 is 4.74 Å². The van der Waals surface area contributed by atoms with Gasteiger partial charge in [-0.1, -0.05) is 12.1 Å². The van der Waals surface area contributed by atoms with Gasteiger partial charge in [0.1, 0.15) is 0 Å². The topological polar surface area (TPSA) is 48.3 Å². The number of nitrogens with one attached hydrogen (secondary N) is 1. The zero-order valence-electron chi connectivity index (χ0n) is 12.3. The minimum absolute atomic E-state index is 0.402. The highest BCUT2D eigenvalue weighted by atomic mass is 16.5. The first-order valence-corrected chi connectivity index (χ1v) is 7.25. The summed E-state index contributed by atoms with van der Waals surface area (Å²) in [6.07, 6.45) is 0. The summed E-state index contributed by atoms with van der Waals surface area (Å²) in [6, 6.07) is 10.8. The molecule has 0 aromatic heterocycles. The quantitative estimate of drug-likeness (QED) is 0.888. The second kappa shape index (κ2) is 7.39. The van der Waals surface area contributed by atoms with Crippen LogP contribution >= 0.6 is 0 Å². The fourth-order valence-corrected chi connectivity index (χ4v) is 2.50. The predicted molar refractivity (Wildman–Crippen MR) is 79.3 cm³/mol. The second-order valence-corrected chi connectivity index (χ2v) is 5.37. The van der Waals surface area contributed by atoms with Crippen LogP contribution in [0.15, 0.2) is 24.3 Å². The van der Waals surface area contributed by atoms with E-state index in [-0.39, 0.29) is 0 Å². The maximum atomic E-state index is 8.91. The molecule has 4 nitrogen and oxygen atoms in total. The Morgan fingerprint density at radius 3 is 2.80 bits per heavy atom. The molecule has 20 heavy (non-hydrogen) atoms. The van der Waals surface area contributed by atoms with Crippen LogP contribution < -0.4 is 5.32 Å². The van der Waals surface area contributed by atoms with Crippen LogP contribution in [0.25, 0.3) is 0 Å². The lowest BCUT2D eigenvalue weighted by Gasteiger charge is -2.36. The third-order valence-electron chi connectivity index (χ3n) is 4.03. The number of hydrogen-bond acceptors (Lipinski definition) is 4. The third-order valence-corrected chi connectivity index (χ3v) is 4.03. The molecular weight excluding hydrogens is 250 g/mol. The minimum Gasteiger partial charge on any atom is -0.379 e. The molecule has 0 saturated carbocycles. The molecule has 1 N–H and O–H groups in total. The van der Waals surface area contributed by atoms with E-state index in [1.54, 1.807) is 0 Å². The van der Waals surface area contributed by atoms with Gasteiger partial charge in [-0.3, -0.25) is 4.90 Å². The highest BCUT2D eigenvalue weighted by Gasteiger charge is 2.21. The third kappa shape index (κ3) is 4.04. The zero-order chi connectivity index (χ0) is 14.4. The van der Waals surface area contributed by atoms with E-state index in [0.717, 1.165) is 44.0 Å². The SMILES string of the molecule is CC(NCc1cccc(C#N)c1)C(C)N1CCOCC1. The van der Waals surface area contributed by atoms with Gasteiger partial charge in [0.25, 0.3) is 0 Å². The summed E-state index contributed by atoms with van der Waals surface area (Å²) in [5, 5.41) is 12.5. The fourth-order valence-electron chi connectivity index (χ4n) is 2.50. The van der Waals surface area contributed by atoms with Crippen molar-refractivity contribution in [2.75, 3.05) is 26.3 Å². The first-order chi connectivity index (χ1) is 9.70. The van der Waals surface area contributed by atoms with E-state index in [4.69, 9.17) is 10.00 Å². The minimum atomic E-state index is 0.402. The van der Waals surface area contributed by atoms with Crippen molar-refractivity contribution in [2.45, 2.75) is 32.5 Å². The summed E-state index contributed by atoms with van der Waals surface area (Å²) in [6.45, 7) is 8.96. The fraction of sp³-hybridized carbons (Fsp3) is 0.562. The maximum absolute atomic E-state index is 8.91. The molecule has 1 aliphatic heterocycles. The van der Waals surface area contributed by atoms with Crippen molar-refractivity contribution in [1.82, 2.24) is 10.2 Å². The largest absolute Gasteiger partial charge is 0.379 e. The Hall–Kier alpha value is -1.41. The molecule has 1 saturated heterocycles. The van der Waals surface area contributed by atoms with Gasteiger partial charge in [-0.05, 0) is 31.5 Å². The van der Waals surface area contributed by atoms with Gasteiger partial charge in [0.15, 0.2) is 0 Å². The summed E-state index contributed by atoms with van der Waals surface area (Å²) < 4.78 is 5.39. The summed E-state index contributed by atoms with van der Waals surface area (Å²) >= 11 is 0. The van der Waals surface area contributed by atoms with Gasteiger partial charge >= 0.3 is 0 Å². The van der Waals surface area contributed by atoms with Gasteiger partial charge in [0, 0.05) is 31.7 Å². The monoisotopic (exact) mass is 273 g/mol. The van der Waals surface area contributed by atoms with E-state index in [9.17, 15) is 0 Å².